The Morgan fingerprint density at radius 2 is 1.58 bits per heavy atom. The molecule has 0 saturated heterocycles. The lowest BCUT2D eigenvalue weighted by molar-refractivity contribution is 0.246. The van der Waals surface area contributed by atoms with Gasteiger partial charge in [-0.25, -0.2) is 9.37 Å². The molecule has 188 valence electrons. The van der Waals surface area contributed by atoms with Gasteiger partial charge < -0.3 is 9.67 Å². The van der Waals surface area contributed by atoms with Crippen LogP contribution in [0.5, 0.6) is 5.75 Å². The topological polar surface area (TPSA) is 41.3 Å². The maximum atomic E-state index is 13.8. The number of unbranched alkanes of at least 4 members (excludes halogenated alkanes) is 2. The summed E-state index contributed by atoms with van der Waals surface area (Å²) in [5.41, 5.74) is 5.13. The molecule has 0 aliphatic heterocycles. The van der Waals surface area contributed by atoms with Gasteiger partial charge in [0.05, 0.1) is 11.4 Å². The van der Waals surface area contributed by atoms with Crippen LogP contribution in [0.3, 0.4) is 0 Å². The number of hydrogen-bond donors (Lipinski definition) is 1. The van der Waals surface area contributed by atoms with E-state index in [0.29, 0.717) is 6.54 Å². The smallest absolute Gasteiger partial charge is 0.140 e. The number of phenols is 1. The molecule has 0 spiro atoms. The number of benzene rings is 3. The maximum absolute atomic E-state index is 13.8. The fourth-order valence-corrected chi connectivity index (χ4v) is 4.57. The Balaban J connectivity index is 1.81. The number of aromatic hydroxyl groups is 1. The molecule has 1 aromatic heterocycles. The Morgan fingerprint density at radius 3 is 2.28 bits per heavy atom. The minimum Gasteiger partial charge on any atom is -0.508 e. The first-order chi connectivity index (χ1) is 17.6. The second-order valence-electron chi connectivity index (χ2n) is 9.34. The zero-order valence-electron chi connectivity index (χ0n) is 21.3. The molecule has 0 saturated carbocycles. The highest BCUT2D eigenvalue weighted by Crippen LogP contribution is 2.31. The number of rotatable bonds is 12. The third-order valence-electron chi connectivity index (χ3n) is 6.48. The van der Waals surface area contributed by atoms with Gasteiger partial charge >= 0.3 is 0 Å². The molecule has 0 aliphatic rings. The normalized spacial score (nSPS) is 11.3. The summed E-state index contributed by atoms with van der Waals surface area (Å²) >= 11 is 0. The first-order valence-corrected chi connectivity index (χ1v) is 13.0. The van der Waals surface area contributed by atoms with Crippen molar-refractivity contribution in [1.82, 2.24) is 14.5 Å². The average Bonchev–Trinajstić information content (AvgIpc) is 3.24. The van der Waals surface area contributed by atoms with Gasteiger partial charge in [-0.3, -0.25) is 4.90 Å². The van der Waals surface area contributed by atoms with Crippen LogP contribution in [-0.2, 0) is 19.6 Å². The summed E-state index contributed by atoms with van der Waals surface area (Å²) < 4.78 is 16.1. The summed E-state index contributed by atoms with van der Waals surface area (Å²) in [7, 11) is 0. The van der Waals surface area contributed by atoms with Crippen molar-refractivity contribution in [3.05, 3.63) is 95.9 Å². The summed E-state index contributed by atoms with van der Waals surface area (Å²) in [6, 6.07) is 24.5. The maximum Gasteiger partial charge on any atom is 0.140 e. The quantitative estimate of drug-likeness (QED) is 0.224. The van der Waals surface area contributed by atoms with Crippen molar-refractivity contribution in [3.63, 3.8) is 0 Å². The van der Waals surface area contributed by atoms with Crippen molar-refractivity contribution in [2.75, 3.05) is 6.54 Å². The van der Waals surface area contributed by atoms with Gasteiger partial charge in [0, 0.05) is 30.8 Å². The van der Waals surface area contributed by atoms with E-state index in [1.165, 1.54) is 12.1 Å². The van der Waals surface area contributed by atoms with Crippen LogP contribution in [0, 0.1) is 5.82 Å². The van der Waals surface area contributed by atoms with E-state index in [1.807, 2.05) is 42.5 Å². The SMILES string of the molecule is CCCCN(Cc1cccc(O)c1)Cc1c(-c2ccc(F)cc2)nc(-c2ccccc2)n1CCCC. The number of aromatic nitrogens is 2. The van der Waals surface area contributed by atoms with Crippen LogP contribution >= 0.6 is 0 Å². The van der Waals surface area contributed by atoms with Crippen LogP contribution < -0.4 is 0 Å². The molecule has 0 atom stereocenters. The molecular formula is C31H36FN3O. The fourth-order valence-electron chi connectivity index (χ4n) is 4.57. The molecule has 1 N–H and O–H groups in total. The summed E-state index contributed by atoms with van der Waals surface area (Å²) in [6.07, 6.45) is 4.32. The minimum atomic E-state index is -0.248. The Labute approximate surface area is 214 Å². The zero-order valence-corrected chi connectivity index (χ0v) is 21.3. The summed E-state index contributed by atoms with van der Waals surface area (Å²) in [5, 5.41) is 10.0. The first kappa shape index (κ1) is 25.6. The third-order valence-corrected chi connectivity index (χ3v) is 6.48. The van der Waals surface area contributed by atoms with Gasteiger partial charge in [-0.2, -0.15) is 0 Å². The monoisotopic (exact) mass is 485 g/mol. The van der Waals surface area contributed by atoms with Gasteiger partial charge in [0.15, 0.2) is 0 Å². The van der Waals surface area contributed by atoms with Crippen molar-refractivity contribution in [2.45, 2.75) is 59.2 Å². The molecule has 0 bridgehead atoms. The van der Waals surface area contributed by atoms with Crippen molar-refractivity contribution in [1.29, 1.82) is 0 Å². The molecule has 4 aromatic rings. The molecule has 0 unspecified atom stereocenters. The predicted octanol–water partition coefficient (Wildman–Crippen LogP) is 7.66. The molecule has 0 radical (unpaired) electrons. The Kier molecular flexibility index (Phi) is 8.90. The van der Waals surface area contributed by atoms with E-state index in [0.717, 1.165) is 79.2 Å². The standard InChI is InChI=1S/C31H36FN3O/c1-3-5-19-34(22-24-11-10-14-28(36)21-24)23-29-30(25-15-17-27(32)18-16-25)33-31(35(29)20-6-4-2)26-12-8-7-9-13-26/h7-18,21,36H,3-6,19-20,22-23H2,1-2H3. The largest absolute Gasteiger partial charge is 0.508 e. The zero-order chi connectivity index (χ0) is 25.3. The molecule has 1 heterocycles. The van der Waals surface area contributed by atoms with Crippen molar-refractivity contribution in [2.24, 2.45) is 0 Å². The number of imidazole rings is 1. The molecule has 0 amide bonds. The highest BCUT2D eigenvalue weighted by Gasteiger charge is 2.22. The number of nitrogens with zero attached hydrogens (tertiary/aromatic N) is 3. The van der Waals surface area contributed by atoms with Crippen LogP contribution in [0.15, 0.2) is 78.9 Å². The summed E-state index contributed by atoms with van der Waals surface area (Å²) in [5.74, 6) is 0.989. The Morgan fingerprint density at radius 1 is 0.833 bits per heavy atom. The molecule has 5 heteroatoms. The van der Waals surface area contributed by atoms with E-state index in [1.54, 1.807) is 6.07 Å². The molecule has 0 fully saturated rings. The van der Waals surface area contributed by atoms with Gasteiger partial charge in [-0.05, 0) is 61.3 Å². The van der Waals surface area contributed by atoms with E-state index in [-0.39, 0.29) is 11.6 Å². The van der Waals surface area contributed by atoms with Crippen LogP contribution in [0.2, 0.25) is 0 Å². The van der Waals surface area contributed by atoms with Gasteiger partial charge in [0.2, 0.25) is 0 Å². The van der Waals surface area contributed by atoms with E-state index < -0.39 is 0 Å². The van der Waals surface area contributed by atoms with Gasteiger partial charge in [0.25, 0.3) is 0 Å². The first-order valence-electron chi connectivity index (χ1n) is 13.0. The lowest BCUT2D eigenvalue weighted by atomic mass is 10.1. The average molecular weight is 486 g/mol. The van der Waals surface area contributed by atoms with Crippen LogP contribution in [0.4, 0.5) is 4.39 Å². The Bertz CT molecular complexity index is 1230. The minimum absolute atomic E-state index is 0.248. The third kappa shape index (κ3) is 6.41. The number of phenolic OH excluding ortho intramolecular Hbond substituents is 1. The highest BCUT2D eigenvalue weighted by atomic mass is 19.1. The van der Waals surface area contributed by atoms with E-state index in [4.69, 9.17) is 4.98 Å². The molecule has 4 nitrogen and oxygen atoms in total. The molecule has 3 aromatic carbocycles. The van der Waals surface area contributed by atoms with Crippen molar-refractivity contribution >= 4 is 0 Å². The van der Waals surface area contributed by atoms with E-state index in [9.17, 15) is 9.50 Å². The molecule has 0 aliphatic carbocycles. The summed E-state index contributed by atoms with van der Waals surface area (Å²) in [4.78, 5) is 7.59. The second-order valence-corrected chi connectivity index (χ2v) is 9.34. The second kappa shape index (κ2) is 12.5. The number of hydrogen-bond acceptors (Lipinski definition) is 3. The van der Waals surface area contributed by atoms with E-state index >= 15 is 0 Å². The molecule has 36 heavy (non-hydrogen) atoms. The van der Waals surface area contributed by atoms with Crippen LogP contribution in [0.1, 0.15) is 50.8 Å². The lowest BCUT2D eigenvalue weighted by Gasteiger charge is -2.24. The molecule has 4 rings (SSSR count). The summed E-state index contributed by atoms with van der Waals surface area (Å²) in [6.45, 7) is 7.67. The van der Waals surface area contributed by atoms with Crippen LogP contribution in [0.25, 0.3) is 22.6 Å². The van der Waals surface area contributed by atoms with Gasteiger partial charge in [0.1, 0.15) is 17.4 Å². The van der Waals surface area contributed by atoms with Gasteiger partial charge in [-0.15, -0.1) is 0 Å². The van der Waals surface area contributed by atoms with Crippen LogP contribution in [-0.4, -0.2) is 26.1 Å². The van der Waals surface area contributed by atoms with E-state index in [2.05, 4.69) is 41.5 Å². The van der Waals surface area contributed by atoms with Crippen molar-refractivity contribution < 1.29 is 9.50 Å². The number of halogens is 1. The predicted molar refractivity (Wildman–Crippen MR) is 145 cm³/mol. The Hall–Kier alpha value is -3.44. The highest BCUT2D eigenvalue weighted by molar-refractivity contribution is 5.68. The lowest BCUT2D eigenvalue weighted by Crippen LogP contribution is -2.26. The molecular weight excluding hydrogens is 449 g/mol. The fraction of sp³-hybridized carbons (Fsp3) is 0.323. The van der Waals surface area contributed by atoms with Gasteiger partial charge in [-0.1, -0.05) is 69.2 Å². The van der Waals surface area contributed by atoms with Crippen molar-refractivity contribution in [3.8, 4) is 28.4 Å².